The first-order valence-electron chi connectivity index (χ1n) is 10.0. The Hall–Kier alpha value is -2.87. The number of benzene rings is 1. The smallest absolute Gasteiger partial charge is 0.231 e. The van der Waals surface area contributed by atoms with Crippen LogP contribution < -0.4 is 14.8 Å². The molecule has 2 aromatic rings. The van der Waals surface area contributed by atoms with Gasteiger partial charge in [-0.2, -0.15) is 0 Å². The number of hydrogen-bond donors (Lipinski definition) is 2. The van der Waals surface area contributed by atoms with Crippen molar-refractivity contribution in [3.8, 4) is 11.5 Å². The molecule has 29 heavy (non-hydrogen) atoms. The molecule has 1 saturated heterocycles. The summed E-state index contributed by atoms with van der Waals surface area (Å²) in [6.07, 6.45) is 6.31. The number of anilines is 1. The van der Waals surface area contributed by atoms with Gasteiger partial charge >= 0.3 is 0 Å². The van der Waals surface area contributed by atoms with E-state index < -0.39 is 6.10 Å². The van der Waals surface area contributed by atoms with Gasteiger partial charge in [-0.25, -0.2) is 4.98 Å². The lowest BCUT2D eigenvalue weighted by atomic mass is 9.77. The highest BCUT2D eigenvalue weighted by atomic mass is 16.7. The van der Waals surface area contributed by atoms with Crippen molar-refractivity contribution in [3.05, 3.63) is 42.4 Å². The van der Waals surface area contributed by atoms with Crippen LogP contribution in [0.3, 0.4) is 0 Å². The summed E-state index contributed by atoms with van der Waals surface area (Å²) in [6.45, 7) is 1.68. The molecular weight excluding hydrogens is 372 g/mol. The predicted octanol–water partition coefficient (Wildman–Crippen LogP) is 1.46. The van der Waals surface area contributed by atoms with E-state index >= 15 is 0 Å². The first-order chi connectivity index (χ1) is 14.2. The number of aromatic nitrogens is 2. The Bertz CT molecular complexity index is 894. The molecule has 0 bridgehead atoms. The van der Waals surface area contributed by atoms with Crippen LogP contribution in [-0.4, -0.2) is 57.9 Å². The van der Waals surface area contributed by atoms with Gasteiger partial charge in [-0.1, -0.05) is 6.07 Å². The van der Waals surface area contributed by atoms with Crippen molar-refractivity contribution in [2.45, 2.75) is 31.4 Å². The summed E-state index contributed by atoms with van der Waals surface area (Å²) >= 11 is 0. The molecule has 8 nitrogen and oxygen atoms in total. The quantitative estimate of drug-likeness (QED) is 0.808. The minimum Gasteiger partial charge on any atom is -0.454 e. The lowest BCUT2D eigenvalue weighted by Crippen LogP contribution is -2.43. The monoisotopic (exact) mass is 396 g/mol. The molecule has 152 valence electrons. The van der Waals surface area contributed by atoms with E-state index in [2.05, 4.69) is 15.3 Å². The number of hydrogen-bond acceptors (Lipinski definition) is 7. The van der Waals surface area contributed by atoms with Crippen molar-refractivity contribution in [2.75, 3.05) is 25.2 Å². The first kappa shape index (κ1) is 18.2. The Morgan fingerprint density at radius 3 is 2.83 bits per heavy atom. The minimum absolute atomic E-state index is 0.0724. The van der Waals surface area contributed by atoms with E-state index in [0.717, 1.165) is 24.3 Å². The van der Waals surface area contributed by atoms with Gasteiger partial charge < -0.3 is 24.8 Å². The van der Waals surface area contributed by atoms with Crippen LogP contribution >= 0.6 is 0 Å². The number of carbonyl (C=O) groups is 1. The second-order valence-corrected chi connectivity index (χ2v) is 8.06. The van der Waals surface area contributed by atoms with Crippen LogP contribution in [0.5, 0.6) is 11.5 Å². The molecule has 0 radical (unpaired) electrons. The van der Waals surface area contributed by atoms with Crippen molar-refractivity contribution < 1.29 is 19.4 Å². The van der Waals surface area contributed by atoms with Crippen molar-refractivity contribution in [2.24, 2.45) is 11.8 Å². The average Bonchev–Trinajstić information content (AvgIpc) is 3.35. The Morgan fingerprint density at radius 2 is 2.00 bits per heavy atom. The van der Waals surface area contributed by atoms with Crippen LogP contribution in [0.2, 0.25) is 0 Å². The molecule has 3 heterocycles. The van der Waals surface area contributed by atoms with Gasteiger partial charge in [-0.3, -0.25) is 9.78 Å². The van der Waals surface area contributed by atoms with Gasteiger partial charge in [-0.15, -0.1) is 0 Å². The Kier molecular flexibility index (Phi) is 4.71. The fraction of sp³-hybridized carbons (Fsp3) is 0.476. The fourth-order valence-electron chi connectivity index (χ4n) is 4.69. The Morgan fingerprint density at radius 1 is 1.17 bits per heavy atom. The molecule has 2 aliphatic heterocycles. The number of nitrogens with zero attached hydrogens (tertiary/aromatic N) is 3. The Labute approximate surface area is 168 Å². The molecule has 1 amide bonds. The number of aliphatic hydroxyl groups is 1. The number of likely N-dealkylation sites (tertiary alicyclic amines) is 1. The number of carbonyl (C=O) groups excluding carboxylic acids is 1. The summed E-state index contributed by atoms with van der Waals surface area (Å²) in [5.41, 5.74) is 0.927. The Balaban J connectivity index is 1.21. The van der Waals surface area contributed by atoms with Crippen LogP contribution in [0.25, 0.3) is 0 Å². The van der Waals surface area contributed by atoms with Gasteiger partial charge in [0, 0.05) is 25.5 Å². The summed E-state index contributed by atoms with van der Waals surface area (Å²) < 4.78 is 10.7. The molecule has 1 aromatic heterocycles. The maximum atomic E-state index is 12.9. The third-order valence-electron chi connectivity index (χ3n) is 6.18. The maximum Gasteiger partial charge on any atom is 0.231 e. The van der Waals surface area contributed by atoms with E-state index in [-0.39, 0.29) is 18.7 Å². The lowest BCUT2D eigenvalue weighted by Gasteiger charge is -2.35. The normalized spacial score (nSPS) is 27.6. The number of rotatable bonds is 4. The van der Waals surface area contributed by atoms with E-state index in [0.29, 0.717) is 42.8 Å². The zero-order chi connectivity index (χ0) is 19.8. The van der Waals surface area contributed by atoms with E-state index in [1.807, 2.05) is 23.1 Å². The number of aliphatic hydroxyl groups excluding tert-OH is 1. The summed E-state index contributed by atoms with van der Waals surface area (Å²) in [5, 5.41) is 13.9. The number of nitrogens with one attached hydrogen (secondary N) is 1. The predicted molar refractivity (Wildman–Crippen MR) is 105 cm³/mol. The maximum absolute atomic E-state index is 12.9. The van der Waals surface area contributed by atoms with E-state index in [1.165, 1.54) is 0 Å². The van der Waals surface area contributed by atoms with Crippen LogP contribution in [0.4, 0.5) is 5.82 Å². The topological polar surface area (TPSA) is 96.8 Å². The second-order valence-electron chi connectivity index (χ2n) is 8.06. The first-order valence-corrected chi connectivity index (χ1v) is 10.0. The van der Waals surface area contributed by atoms with Gasteiger partial charge in [0.05, 0.1) is 24.8 Å². The van der Waals surface area contributed by atoms with Gasteiger partial charge in [0.2, 0.25) is 12.7 Å². The summed E-state index contributed by atoms with van der Waals surface area (Å²) in [6, 6.07) is 5.58. The van der Waals surface area contributed by atoms with Gasteiger partial charge in [0.15, 0.2) is 11.5 Å². The standard InChI is InChI=1S/C21H24N4O4/c26-17-8-15-11-25(10-14(15)7-16(17)24-20-9-22-3-4-23-20)21(27)6-13-1-2-18-19(5-13)29-12-28-18/h1-5,9,14-17,26H,6-8,10-12H2,(H,23,24)/t14-,15+,16-,17-/m1/s1. The fourth-order valence-corrected chi connectivity index (χ4v) is 4.69. The summed E-state index contributed by atoms with van der Waals surface area (Å²) in [4.78, 5) is 23.1. The molecular formula is C21H24N4O4. The summed E-state index contributed by atoms with van der Waals surface area (Å²) in [5.74, 6) is 2.93. The molecule has 1 aromatic carbocycles. The molecule has 0 spiro atoms. The van der Waals surface area contributed by atoms with E-state index in [1.54, 1.807) is 18.6 Å². The van der Waals surface area contributed by atoms with Crippen molar-refractivity contribution >= 4 is 11.7 Å². The molecule has 1 saturated carbocycles. The van der Waals surface area contributed by atoms with Gasteiger partial charge in [-0.05, 0) is 42.4 Å². The SMILES string of the molecule is O=C(Cc1ccc2c(c1)OCO2)N1C[C@H]2C[C@@H](Nc3cnccn3)[C@H](O)C[C@H]2C1. The van der Waals surface area contributed by atoms with Crippen LogP contribution in [-0.2, 0) is 11.2 Å². The zero-order valence-corrected chi connectivity index (χ0v) is 16.0. The zero-order valence-electron chi connectivity index (χ0n) is 16.0. The highest BCUT2D eigenvalue weighted by Gasteiger charge is 2.43. The molecule has 1 aliphatic carbocycles. The van der Waals surface area contributed by atoms with Crippen molar-refractivity contribution in [1.82, 2.24) is 14.9 Å². The molecule has 2 N–H and O–H groups in total. The molecule has 0 unspecified atom stereocenters. The molecule has 3 aliphatic rings. The largest absolute Gasteiger partial charge is 0.454 e. The lowest BCUT2D eigenvalue weighted by molar-refractivity contribution is -0.129. The van der Waals surface area contributed by atoms with E-state index in [4.69, 9.17) is 9.47 Å². The average molecular weight is 396 g/mol. The summed E-state index contributed by atoms with van der Waals surface area (Å²) in [7, 11) is 0. The highest BCUT2D eigenvalue weighted by molar-refractivity contribution is 5.79. The third kappa shape index (κ3) is 3.72. The molecule has 8 heteroatoms. The number of ether oxygens (including phenoxy) is 2. The molecule has 4 atom stereocenters. The highest BCUT2D eigenvalue weighted by Crippen LogP contribution is 2.38. The second kappa shape index (κ2) is 7.51. The van der Waals surface area contributed by atoms with Gasteiger partial charge in [0.25, 0.3) is 0 Å². The van der Waals surface area contributed by atoms with Crippen molar-refractivity contribution in [1.29, 1.82) is 0 Å². The molecule has 2 fully saturated rings. The van der Waals surface area contributed by atoms with E-state index in [9.17, 15) is 9.90 Å². The van der Waals surface area contributed by atoms with Crippen LogP contribution in [0.1, 0.15) is 18.4 Å². The van der Waals surface area contributed by atoms with Crippen molar-refractivity contribution in [3.63, 3.8) is 0 Å². The van der Waals surface area contributed by atoms with Gasteiger partial charge in [0.1, 0.15) is 5.82 Å². The minimum atomic E-state index is -0.456. The van der Waals surface area contributed by atoms with Crippen LogP contribution in [0, 0.1) is 11.8 Å². The number of amides is 1. The third-order valence-corrected chi connectivity index (χ3v) is 6.18. The number of fused-ring (bicyclic) bond motifs is 2. The molecule has 5 rings (SSSR count). The van der Waals surface area contributed by atoms with Crippen LogP contribution in [0.15, 0.2) is 36.8 Å².